The summed E-state index contributed by atoms with van der Waals surface area (Å²) in [5.74, 6) is -0.247. The van der Waals surface area contributed by atoms with E-state index in [0.29, 0.717) is 0 Å². The van der Waals surface area contributed by atoms with E-state index < -0.39 is 6.61 Å². The Morgan fingerprint density at radius 3 is 2.85 bits per heavy atom. The topological polar surface area (TPSA) is 45.9 Å². The van der Waals surface area contributed by atoms with E-state index in [1.54, 1.807) is 6.07 Å². The number of hydrogen-bond donors (Lipinski definition) is 0. The minimum absolute atomic E-state index is 0.139. The van der Waals surface area contributed by atoms with E-state index in [9.17, 15) is 8.78 Å². The molecule has 0 amide bonds. The standard InChI is InChI=1S/C7H3ClF2N2O/c8-6-4(3-11)12-2-1-5(6)13-7(9)10/h1-2,7H. The normalized spacial score (nSPS) is 9.77. The molecule has 0 fully saturated rings. The van der Waals surface area contributed by atoms with Gasteiger partial charge in [-0.15, -0.1) is 0 Å². The van der Waals surface area contributed by atoms with Crippen molar-refractivity contribution in [3.8, 4) is 11.8 Å². The summed E-state index contributed by atoms with van der Waals surface area (Å²) in [4.78, 5) is 3.55. The molecule has 1 aromatic heterocycles. The fourth-order valence-corrected chi connectivity index (χ4v) is 0.890. The Bertz CT molecular complexity index is 351. The monoisotopic (exact) mass is 204 g/mol. The van der Waals surface area contributed by atoms with Gasteiger partial charge >= 0.3 is 6.61 Å². The molecule has 1 aromatic rings. The van der Waals surface area contributed by atoms with Crippen molar-refractivity contribution < 1.29 is 13.5 Å². The van der Waals surface area contributed by atoms with Crippen LogP contribution in [-0.2, 0) is 0 Å². The summed E-state index contributed by atoms with van der Waals surface area (Å²) in [5.41, 5.74) is -0.139. The zero-order valence-corrected chi connectivity index (χ0v) is 6.92. The number of pyridine rings is 1. The van der Waals surface area contributed by atoms with E-state index in [1.807, 2.05) is 0 Å². The molecule has 0 aliphatic heterocycles. The summed E-state index contributed by atoms with van der Waals surface area (Å²) in [6.45, 7) is -2.97. The smallest absolute Gasteiger partial charge is 0.387 e. The largest absolute Gasteiger partial charge is 0.433 e. The van der Waals surface area contributed by atoms with Crippen molar-refractivity contribution in [3.63, 3.8) is 0 Å². The Hall–Kier alpha value is -1.41. The molecule has 3 nitrogen and oxygen atoms in total. The quantitative estimate of drug-likeness (QED) is 0.742. The number of rotatable bonds is 2. The van der Waals surface area contributed by atoms with Crippen molar-refractivity contribution >= 4 is 11.6 Å². The predicted molar refractivity (Wildman–Crippen MR) is 40.6 cm³/mol. The zero-order chi connectivity index (χ0) is 9.84. The average molecular weight is 205 g/mol. The minimum atomic E-state index is -2.97. The van der Waals surface area contributed by atoms with Crippen LogP contribution in [0.1, 0.15) is 5.69 Å². The fourth-order valence-electron chi connectivity index (χ4n) is 0.691. The van der Waals surface area contributed by atoms with Crippen LogP contribution in [-0.4, -0.2) is 11.6 Å². The van der Waals surface area contributed by atoms with E-state index in [-0.39, 0.29) is 16.5 Å². The fraction of sp³-hybridized carbons (Fsp3) is 0.143. The minimum Gasteiger partial charge on any atom is -0.433 e. The molecule has 13 heavy (non-hydrogen) atoms. The van der Waals surface area contributed by atoms with Gasteiger partial charge in [0.2, 0.25) is 0 Å². The van der Waals surface area contributed by atoms with Gasteiger partial charge in [-0.1, -0.05) is 11.6 Å². The Morgan fingerprint density at radius 2 is 2.31 bits per heavy atom. The van der Waals surface area contributed by atoms with E-state index in [4.69, 9.17) is 16.9 Å². The number of hydrogen-bond acceptors (Lipinski definition) is 3. The van der Waals surface area contributed by atoms with Crippen LogP contribution in [0, 0.1) is 11.3 Å². The molecular weight excluding hydrogens is 202 g/mol. The van der Waals surface area contributed by atoms with Gasteiger partial charge in [-0.3, -0.25) is 0 Å². The van der Waals surface area contributed by atoms with E-state index in [2.05, 4.69) is 9.72 Å². The van der Waals surface area contributed by atoms with Gasteiger partial charge in [-0.25, -0.2) is 4.98 Å². The number of alkyl halides is 2. The maximum Gasteiger partial charge on any atom is 0.387 e. The highest BCUT2D eigenvalue weighted by atomic mass is 35.5. The summed E-state index contributed by atoms with van der Waals surface area (Å²) in [6.07, 6.45) is 1.17. The van der Waals surface area contributed by atoms with Crippen LogP contribution in [0.5, 0.6) is 5.75 Å². The Balaban J connectivity index is 3.03. The maximum absolute atomic E-state index is 11.8. The van der Waals surface area contributed by atoms with Gasteiger partial charge in [0.15, 0.2) is 5.69 Å². The highest BCUT2D eigenvalue weighted by molar-refractivity contribution is 6.32. The molecule has 0 saturated carbocycles. The second kappa shape index (κ2) is 4.01. The third-order valence-electron chi connectivity index (χ3n) is 1.18. The van der Waals surface area contributed by atoms with Crippen LogP contribution in [0.25, 0.3) is 0 Å². The van der Waals surface area contributed by atoms with Crippen LogP contribution in [0.4, 0.5) is 8.78 Å². The average Bonchev–Trinajstić information content (AvgIpc) is 2.08. The molecule has 0 aromatic carbocycles. The molecule has 0 unspecified atom stereocenters. The van der Waals surface area contributed by atoms with Crippen molar-refractivity contribution in [1.29, 1.82) is 5.26 Å². The third-order valence-corrected chi connectivity index (χ3v) is 1.54. The van der Waals surface area contributed by atoms with Crippen LogP contribution in [0.3, 0.4) is 0 Å². The molecular formula is C7H3ClF2N2O. The molecule has 0 bridgehead atoms. The summed E-state index contributed by atoms with van der Waals surface area (Å²) in [6, 6.07) is 2.80. The van der Waals surface area contributed by atoms with Crippen LogP contribution in [0.15, 0.2) is 12.3 Å². The molecule has 0 radical (unpaired) electrons. The Kier molecular flexibility index (Phi) is 2.98. The summed E-state index contributed by atoms with van der Waals surface area (Å²) < 4.78 is 27.5. The number of nitrogens with zero attached hydrogens (tertiary/aromatic N) is 2. The van der Waals surface area contributed by atoms with Gasteiger partial charge in [-0.2, -0.15) is 14.0 Å². The molecule has 68 valence electrons. The third kappa shape index (κ3) is 2.26. The van der Waals surface area contributed by atoms with Gasteiger partial charge in [-0.05, 0) is 0 Å². The van der Waals surface area contributed by atoms with Crippen molar-refractivity contribution in [2.75, 3.05) is 0 Å². The molecule has 6 heteroatoms. The van der Waals surface area contributed by atoms with Crippen LogP contribution in [0.2, 0.25) is 5.02 Å². The lowest BCUT2D eigenvalue weighted by atomic mass is 10.3. The molecule has 0 atom stereocenters. The van der Waals surface area contributed by atoms with Gasteiger partial charge in [0.1, 0.15) is 16.8 Å². The zero-order valence-electron chi connectivity index (χ0n) is 6.17. The molecule has 0 saturated heterocycles. The lowest BCUT2D eigenvalue weighted by molar-refractivity contribution is -0.0498. The first-order chi connectivity index (χ1) is 6.15. The van der Waals surface area contributed by atoms with E-state index >= 15 is 0 Å². The summed E-state index contributed by atoms with van der Waals surface area (Å²) in [7, 11) is 0. The highest BCUT2D eigenvalue weighted by Gasteiger charge is 2.11. The van der Waals surface area contributed by atoms with Crippen LogP contribution < -0.4 is 4.74 Å². The van der Waals surface area contributed by atoms with Crippen molar-refractivity contribution in [2.45, 2.75) is 6.61 Å². The molecule has 1 heterocycles. The lowest BCUT2D eigenvalue weighted by Crippen LogP contribution is -2.03. The molecule has 0 aliphatic rings. The first-order valence-corrected chi connectivity index (χ1v) is 3.52. The molecule has 1 rings (SSSR count). The van der Waals surface area contributed by atoms with Gasteiger partial charge in [0.05, 0.1) is 0 Å². The van der Waals surface area contributed by atoms with E-state index in [0.717, 1.165) is 6.07 Å². The maximum atomic E-state index is 11.8. The SMILES string of the molecule is N#Cc1nccc(OC(F)F)c1Cl. The first kappa shape index (κ1) is 9.68. The second-order valence-corrected chi connectivity index (χ2v) is 2.34. The Labute approximate surface area is 77.5 Å². The Morgan fingerprint density at radius 1 is 1.62 bits per heavy atom. The van der Waals surface area contributed by atoms with Gasteiger partial charge in [0.25, 0.3) is 0 Å². The highest BCUT2D eigenvalue weighted by Crippen LogP contribution is 2.27. The van der Waals surface area contributed by atoms with E-state index in [1.165, 1.54) is 6.20 Å². The predicted octanol–water partition coefficient (Wildman–Crippen LogP) is 2.21. The summed E-state index contributed by atoms with van der Waals surface area (Å²) in [5, 5.41) is 8.23. The van der Waals surface area contributed by atoms with Crippen LogP contribution >= 0.6 is 11.6 Å². The lowest BCUT2D eigenvalue weighted by Gasteiger charge is -2.05. The number of nitriles is 1. The van der Waals surface area contributed by atoms with Crippen molar-refractivity contribution in [3.05, 3.63) is 23.0 Å². The molecule has 0 aliphatic carbocycles. The van der Waals surface area contributed by atoms with Crippen molar-refractivity contribution in [1.82, 2.24) is 4.98 Å². The molecule has 0 spiro atoms. The molecule has 0 N–H and O–H groups in total. The first-order valence-electron chi connectivity index (χ1n) is 3.14. The van der Waals surface area contributed by atoms with Gasteiger partial charge < -0.3 is 4.74 Å². The number of aromatic nitrogens is 1. The number of halogens is 3. The van der Waals surface area contributed by atoms with Crippen molar-refractivity contribution in [2.24, 2.45) is 0 Å². The van der Waals surface area contributed by atoms with Gasteiger partial charge in [0, 0.05) is 12.3 Å². The summed E-state index contributed by atoms with van der Waals surface area (Å²) >= 11 is 5.51. The second-order valence-electron chi connectivity index (χ2n) is 1.96. The number of ether oxygens (including phenoxy) is 1.